The average Bonchev–Trinajstić information content (AvgIpc) is 3.65. The van der Waals surface area contributed by atoms with Gasteiger partial charge in [0.25, 0.3) is 5.91 Å². The van der Waals surface area contributed by atoms with E-state index in [-0.39, 0.29) is 17.8 Å². The standard InChI is InChI=1S/C34H31ClN4O4S/c1-2-42-33(41)24-10-8-18-38(20-24)34-36-32(40)30(44-34)19-26-21-39(27-11-4-3-5-12-27)37-31(26)23-14-16-28(17-15-23)43-22-25-9-6-7-13-29(25)35/h3-7,9,11-17,19,21,24H,2,8,10,18,20,22H2,1H3/b30-19-/t24-/m0/s1. The Morgan fingerprint density at radius 1 is 1.07 bits per heavy atom. The monoisotopic (exact) mass is 626 g/mol. The highest BCUT2D eigenvalue weighted by Gasteiger charge is 2.33. The number of carbonyl (C=O) groups excluding carboxylic acids is 2. The number of benzene rings is 3. The van der Waals surface area contributed by atoms with Crippen molar-refractivity contribution in [1.29, 1.82) is 0 Å². The molecule has 2 aliphatic heterocycles. The molecule has 10 heteroatoms. The number of para-hydroxylation sites is 1. The van der Waals surface area contributed by atoms with Crippen molar-refractivity contribution in [2.75, 3.05) is 19.7 Å². The molecule has 4 aromatic rings. The number of hydrogen-bond acceptors (Lipinski definition) is 7. The SMILES string of the molecule is CCOC(=O)[C@H]1CCCN(C2=NC(=O)/C(=C/c3cn(-c4ccccc4)nc3-c3ccc(OCc4ccccc4Cl)cc3)S2)C1. The van der Waals surface area contributed by atoms with Crippen molar-refractivity contribution in [1.82, 2.24) is 14.7 Å². The molecular weight excluding hydrogens is 596 g/mol. The number of amides is 1. The molecule has 1 aromatic heterocycles. The zero-order valence-corrected chi connectivity index (χ0v) is 25.8. The van der Waals surface area contributed by atoms with Gasteiger partial charge in [0.1, 0.15) is 12.4 Å². The Morgan fingerprint density at radius 3 is 2.61 bits per heavy atom. The van der Waals surface area contributed by atoms with Gasteiger partial charge in [-0.05, 0) is 80.1 Å². The molecule has 0 N–H and O–H groups in total. The fourth-order valence-corrected chi connectivity index (χ4v) is 6.32. The number of piperidine rings is 1. The maximum atomic E-state index is 13.1. The molecule has 2 aliphatic rings. The van der Waals surface area contributed by atoms with Gasteiger partial charge in [-0.1, -0.05) is 48.0 Å². The smallest absolute Gasteiger partial charge is 0.310 e. The lowest BCUT2D eigenvalue weighted by Crippen LogP contribution is -2.41. The first-order chi connectivity index (χ1) is 21.5. The molecule has 0 bridgehead atoms. The number of hydrogen-bond donors (Lipinski definition) is 0. The molecule has 1 amide bonds. The van der Waals surface area contributed by atoms with Crippen LogP contribution in [0.15, 0.2) is 95.0 Å². The van der Waals surface area contributed by atoms with E-state index in [0.29, 0.717) is 40.6 Å². The molecule has 44 heavy (non-hydrogen) atoms. The maximum Gasteiger partial charge on any atom is 0.310 e. The molecule has 0 saturated carbocycles. The first kappa shape index (κ1) is 29.7. The average molecular weight is 627 g/mol. The third kappa shape index (κ3) is 6.74. The summed E-state index contributed by atoms with van der Waals surface area (Å²) in [5, 5.41) is 6.19. The van der Waals surface area contributed by atoms with Crippen molar-refractivity contribution >= 4 is 46.5 Å². The third-order valence-corrected chi connectivity index (χ3v) is 8.86. The Kier molecular flexibility index (Phi) is 9.14. The molecule has 3 heterocycles. The van der Waals surface area contributed by atoms with Gasteiger partial charge in [-0.3, -0.25) is 9.59 Å². The van der Waals surface area contributed by atoms with Crippen molar-refractivity contribution in [2.45, 2.75) is 26.4 Å². The van der Waals surface area contributed by atoms with E-state index in [1.807, 2.05) is 108 Å². The van der Waals surface area contributed by atoms with Crippen molar-refractivity contribution in [3.05, 3.63) is 106 Å². The van der Waals surface area contributed by atoms with Crippen LogP contribution in [-0.4, -0.2) is 51.4 Å². The number of thioether (sulfide) groups is 1. The Bertz CT molecular complexity index is 1720. The topological polar surface area (TPSA) is 86.0 Å². The second kappa shape index (κ2) is 13.5. The number of likely N-dealkylation sites (tertiary alicyclic amines) is 1. The van der Waals surface area contributed by atoms with Gasteiger partial charge in [-0.15, -0.1) is 0 Å². The minimum atomic E-state index is -0.301. The molecule has 0 radical (unpaired) electrons. The second-order valence-electron chi connectivity index (χ2n) is 10.5. The van der Waals surface area contributed by atoms with Crippen LogP contribution in [0.1, 0.15) is 30.9 Å². The van der Waals surface area contributed by atoms with Gasteiger partial charge >= 0.3 is 5.97 Å². The molecule has 8 nitrogen and oxygen atoms in total. The minimum absolute atomic E-state index is 0.193. The largest absolute Gasteiger partial charge is 0.489 e. The van der Waals surface area contributed by atoms with Crippen LogP contribution in [0.25, 0.3) is 23.0 Å². The van der Waals surface area contributed by atoms with Crippen molar-refractivity contribution in [3.8, 4) is 22.7 Å². The van der Waals surface area contributed by atoms with Gasteiger partial charge in [0.15, 0.2) is 5.17 Å². The number of rotatable bonds is 8. The molecule has 0 unspecified atom stereocenters. The number of ether oxygens (including phenoxy) is 2. The summed E-state index contributed by atoms with van der Waals surface area (Å²) in [6, 6.07) is 25.1. The molecule has 1 atom stereocenters. The highest BCUT2D eigenvalue weighted by Crippen LogP contribution is 2.35. The lowest BCUT2D eigenvalue weighted by molar-refractivity contribution is -0.149. The Balaban J connectivity index is 1.24. The van der Waals surface area contributed by atoms with Crippen LogP contribution in [0.3, 0.4) is 0 Å². The second-order valence-corrected chi connectivity index (χ2v) is 11.9. The first-order valence-corrected chi connectivity index (χ1v) is 15.7. The molecule has 0 aliphatic carbocycles. The van der Waals surface area contributed by atoms with E-state index in [1.165, 1.54) is 11.8 Å². The van der Waals surface area contributed by atoms with E-state index >= 15 is 0 Å². The van der Waals surface area contributed by atoms with Crippen LogP contribution in [-0.2, 0) is 20.9 Å². The molecule has 224 valence electrons. The van der Waals surface area contributed by atoms with Gasteiger partial charge in [0.05, 0.1) is 28.8 Å². The van der Waals surface area contributed by atoms with Gasteiger partial charge in [0, 0.05) is 41.0 Å². The van der Waals surface area contributed by atoms with Crippen molar-refractivity contribution in [2.24, 2.45) is 10.9 Å². The molecular formula is C34H31ClN4O4S. The number of esters is 1. The molecule has 1 fully saturated rings. The van der Waals surface area contributed by atoms with Crippen LogP contribution < -0.4 is 4.74 Å². The Morgan fingerprint density at radius 2 is 1.84 bits per heavy atom. The van der Waals surface area contributed by atoms with Crippen LogP contribution in [0.2, 0.25) is 5.02 Å². The van der Waals surface area contributed by atoms with Gasteiger partial charge in [-0.2, -0.15) is 10.1 Å². The highest BCUT2D eigenvalue weighted by molar-refractivity contribution is 8.18. The number of amidine groups is 1. The Labute approximate surface area is 265 Å². The van der Waals surface area contributed by atoms with E-state index in [2.05, 4.69) is 4.99 Å². The van der Waals surface area contributed by atoms with Gasteiger partial charge in [0.2, 0.25) is 0 Å². The molecule has 1 saturated heterocycles. The van der Waals surface area contributed by atoms with Gasteiger partial charge in [-0.25, -0.2) is 4.68 Å². The third-order valence-electron chi connectivity index (χ3n) is 7.45. The predicted octanol–water partition coefficient (Wildman–Crippen LogP) is 7.02. The summed E-state index contributed by atoms with van der Waals surface area (Å²) in [5.74, 6) is -0.00751. The fraction of sp³-hybridized carbons (Fsp3) is 0.235. The Hall–Kier alpha value is -4.34. The van der Waals surface area contributed by atoms with Crippen molar-refractivity contribution < 1.29 is 19.1 Å². The van der Waals surface area contributed by atoms with Crippen LogP contribution >= 0.6 is 23.4 Å². The van der Waals surface area contributed by atoms with E-state index in [4.69, 9.17) is 26.2 Å². The molecule has 0 spiro atoms. The lowest BCUT2D eigenvalue weighted by atomic mass is 9.99. The highest BCUT2D eigenvalue weighted by atomic mass is 35.5. The summed E-state index contributed by atoms with van der Waals surface area (Å²) >= 11 is 7.61. The fourth-order valence-electron chi connectivity index (χ4n) is 5.19. The van der Waals surface area contributed by atoms with E-state index in [1.54, 1.807) is 0 Å². The van der Waals surface area contributed by atoms with Gasteiger partial charge < -0.3 is 14.4 Å². The first-order valence-electron chi connectivity index (χ1n) is 14.5. The number of aromatic nitrogens is 2. The van der Waals surface area contributed by atoms with E-state index in [9.17, 15) is 9.59 Å². The van der Waals surface area contributed by atoms with E-state index in [0.717, 1.165) is 47.5 Å². The number of aliphatic imine (C=N–C) groups is 1. The molecule has 3 aromatic carbocycles. The summed E-state index contributed by atoms with van der Waals surface area (Å²) in [6.07, 6.45) is 5.38. The summed E-state index contributed by atoms with van der Waals surface area (Å²) in [6.45, 7) is 3.76. The number of carbonyl (C=O) groups is 2. The normalized spacial score (nSPS) is 17.5. The van der Waals surface area contributed by atoms with Crippen LogP contribution in [0.5, 0.6) is 5.75 Å². The number of nitrogens with zero attached hydrogens (tertiary/aromatic N) is 4. The minimum Gasteiger partial charge on any atom is -0.489 e. The van der Waals surface area contributed by atoms with Crippen molar-refractivity contribution in [3.63, 3.8) is 0 Å². The summed E-state index contributed by atoms with van der Waals surface area (Å²) in [4.78, 5) is 32.3. The van der Waals surface area contributed by atoms with Crippen LogP contribution in [0, 0.1) is 5.92 Å². The van der Waals surface area contributed by atoms with Crippen LogP contribution in [0.4, 0.5) is 0 Å². The zero-order valence-electron chi connectivity index (χ0n) is 24.2. The zero-order chi connectivity index (χ0) is 30.5. The summed E-state index contributed by atoms with van der Waals surface area (Å²) in [7, 11) is 0. The predicted molar refractivity (Wildman–Crippen MR) is 174 cm³/mol. The summed E-state index contributed by atoms with van der Waals surface area (Å²) < 4.78 is 13.0. The summed E-state index contributed by atoms with van der Waals surface area (Å²) in [5.41, 5.74) is 4.20. The van der Waals surface area contributed by atoms with E-state index < -0.39 is 0 Å². The molecule has 6 rings (SSSR count). The maximum absolute atomic E-state index is 13.1. The quantitative estimate of drug-likeness (QED) is 0.153. The number of halogens is 1. The lowest BCUT2D eigenvalue weighted by Gasteiger charge is -2.32.